The lowest BCUT2D eigenvalue weighted by Gasteiger charge is -2.32. The SMILES string of the molecule is COc1ccc(N2CCC(CBr)CC2)cn1.COc1ccc(N2CCC(CO)CC2)cn1. The summed E-state index contributed by atoms with van der Waals surface area (Å²) >= 11 is 3.56. The van der Waals surface area contributed by atoms with Gasteiger partial charge in [0.2, 0.25) is 11.8 Å². The van der Waals surface area contributed by atoms with Crippen LogP contribution in [0.3, 0.4) is 0 Å². The third kappa shape index (κ3) is 6.97. The third-order valence-electron chi connectivity index (χ3n) is 6.30. The number of aliphatic hydroxyl groups excluding tert-OH is 1. The molecule has 0 amide bonds. The number of pyridine rings is 2. The van der Waals surface area contributed by atoms with Gasteiger partial charge in [-0.3, -0.25) is 0 Å². The highest BCUT2D eigenvalue weighted by molar-refractivity contribution is 9.09. The zero-order chi connectivity index (χ0) is 22.8. The second kappa shape index (κ2) is 12.8. The summed E-state index contributed by atoms with van der Waals surface area (Å²) in [6, 6.07) is 7.92. The van der Waals surface area contributed by atoms with Gasteiger partial charge in [-0.15, -0.1) is 0 Å². The quantitative estimate of drug-likeness (QED) is 0.593. The zero-order valence-corrected chi connectivity index (χ0v) is 20.7. The van der Waals surface area contributed by atoms with Crippen LogP contribution in [0.15, 0.2) is 36.7 Å². The van der Waals surface area contributed by atoms with Gasteiger partial charge < -0.3 is 24.4 Å². The summed E-state index contributed by atoms with van der Waals surface area (Å²) in [5, 5.41) is 10.2. The van der Waals surface area contributed by atoms with E-state index in [0.29, 0.717) is 24.3 Å². The van der Waals surface area contributed by atoms with Crippen LogP contribution in [0.2, 0.25) is 0 Å². The van der Waals surface area contributed by atoms with Gasteiger partial charge in [0.1, 0.15) is 0 Å². The fourth-order valence-corrected chi connectivity index (χ4v) is 4.73. The van der Waals surface area contributed by atoms with Gasteiger partial charge >= 0.3 is 0 Å². The van der Waals surface area contributed by atoms with Gasteiger partial charge in [-0.2, -0.15) is 0 Å². The van der Waals surface area contributed by atoms with E-state index in [0.717, 1.165) is 56.0 Å². The number of methoxy groups -OCH3 is 2. The first kappa shape index (κ1) is 24.6. The van der Waals surface area contributed by atoms with Crippen LogP contribution in [0.1, 0.15) is 25.7 Å². The average Bonchev–Trinajstić information content (AvgIpc) is 2.89. The largest absolute Gasteiger partial charge is 0.481 e. The van der Waals surface area contributed by atoms with Crippen molar-refractivity contribution in [3.8, 4) is 11.8 Å². The molecule has 0 radical (unpaired) electrons. The molecule has 2 aromatic rings. The van der Waals surface area contributed by atoms with Gasteiger partial charge in [0, 0.05) is 50.2 Å². The lowest BCUT2D eigenvalue weighted by atomic mass is 9.98. The van der Waals surface area contributed by atoms with Gasteiger partial charge in [0.25, 0.3) is 0 Å². The number of halogens is 1. The second-order valence-electron chi connectivity index (χ2n) is 8.32. The molecule has 0 unspecified atom stereocenters. The molecule has 7 nitrogen and oxygen atoms in total. The second-order valence-corrected chi connectivity index (χ2v) is 8.96. The molecule has 2 saturated heterocycles. The summed E-state index contributed by atoms with van der Waals surface area (Å²) in [4.78, 5) is 13.1. The Morgan fingerprint density at radius 3 is 1.56 bits per heavy atom. The Bertz CT molecular complexity index is 707. The molecule has 0 spiro atoms. The van der Waals surface area contributed by atoms with Gasteiger partial charge in [-0.1, -0.05) is 15.9 Å². The Labute approximate surface area is 199 Å². The van der Waals surface area contributed by atoms with Crippen molar-refractivity contribution in [2.45, 2.75) is 25.7 Å². The minimum Gasteiger partial charge on any atom is -0.481 e. The molecule has 2 aliphatic rings. The summed E-state index contributed by atoms with van der Waals surface area (Å²) in [6.45, 7) is 4.57. The molecule has 0 bridgehead atoms. The normalized spacial score (nSPS) is 17.5. The topological polar surface area (TPSA) is 71.0 Å². The Kier molecular flexibility index (Phi) is 9.87. The van der Waals surface area contributed by atoms with E-state index in [2.05, 4.69) is 41.8 Å². The number of aromatic nitrogens is 2. The number of hydrogen-bond donors (Lipinski definition) is 1. The monoisotopic (exact) mass is 506 g/mol. The fourth-order valence-electron chi connectivity index (χ4n) is 4.08. The number of nitrogens with zero attached hydrogens (tertiary/aromatic N) is 4. The molecular formula is C24H35BrN4O3. The Hall–Kier alpha value is -2.06. The van der Waals surface area contributed by atoms with Crippen molar-refractivity contribution in [2.75, 3.05) is 62.1 Å². The molecular weight excluding hydrogens is 472 g/mol. The van der Waals surface area contributed by atoms with Gasteiger partial charge in [-0.25, -0.2) is 9.97 Å². The molecule has 4 rings (SSSR count). The Balaban J connectivity index is 0.000000181. The van der Waals surface area contributed by atoms with Crippen LogP contribution in [0, 0.1) is 11.8 Å². The third-order valence-corrected chi connectivity index (χ3v) is 7.21. The first-order chi connectivity index (χ1) is 15.7. The highest BCUT2D eigenvalue weighted by Gasteiger charge is 2.19. The summed E-state index contributed by atoms with van der Waals surface area (Å²) in [5.41, 5.74) is 2.34. The van der Waals surface area contributed by atoms with Gasteiger partial charge in [0.15, 0.2) is 0 Å². The molecule has 8 heteroatoms. The van der Waals surface area contributed by atoms with E-state index in [9.17, 15) is 0 Å². The summed E-state index contributed by atoms with van der Waals surface area (Å²) in [5.74, 6) is 2.64. The highest BCUT2D eigenvalue weighted by Crippen LogP contribution is 2.25. The number of piperidine rings is 2. The van der Waals surface area contributed by atoms with Crippen molar-refractivity contribution >= 4 is 27.3 Å². The Morgan fingerprint density at radius 1 is 0.812 bits per heavy atom. The predicted molar refractivity (Wildman–Crippen MR) is 132 cm³/mol. The number of rotatable bonds is 6. The van der Waals surface area contributed by atoms with Crippen molar-refractivity contribution in [2.24, 2.45) is 11.8 Å². The zero-order valence-electron chi connectivity index (χ0n) is 19.1. The molecule has 1 N–H and O–H groups in total. The number of anilines is 2. The van der Waals surface area contributed by atoms with Crippen molar-refractivity contribution in [3.05, 3.63) is 36.7 Å². The van der Waals surface area contributed by atoms with Gasteiger partial charge in [0.05, 0.1) is 38.0 Å². The Morgan fingerprint density at radius 2 is 1.25 bits per heavy atom. The van der Waals surface area contributed by atoms with Crippen LogP contribution in [0.5, 0.6) is 11.8 Å². The van der Waals surface area contributed by atoms with Crippen LogP contribution in [0.25, 0.3) is 0 Å². The summed E-state index contributed by atoms with van der Waals surface area (Å²) in [6.07, 6.45) is 8.38. The van der Waals surface area contributed by atoms with Crippen molar-refractivity contribution in [1.29, 1.82) is 0 Å². The van der Waals surface area contributed by atoms with E-state index in [1.807, 2.05) is 30.6 Å². The van der Waals surface area contributed by atoms with E-state index < -0.39 is 0 Å². The molecule has 2 aromatic heterocycles. The molecule has 0 aromatic carbocycles. The smallest absolute Gasteiger partial charge is 0.213 e. The number of ether oxygens (including phenoxy) is 2. The number of hydrogen-bond acceptors (Lipinski definition) is 7. The fraction of sp³-hybridized carbons (Fsp3) is 0.583. The molecule has 32 heavy (non-hydrogen) atoms. The molecule has 0 aliphatic carbocycles. The van der Waals surface area contributed by atoms with Crippen LogP contribution < -0.4 is 19.3 Å². The molecule has 176 valence electrons. The number of aliphatic hydroxyl groups is 1. The van der Waals surface area contributed by atoms with Crippen LogP contribution in [0.4, 0.5) is 11.4 Å². The van der Waals surface area contributed by atoms with Crippen molar-refractivity contribution in [3.63, 3.8) is 0 Å². The molecule has 4 heterocycles. The van der Waals surface area contributed by atoms with Crippen LogP contribution in [-0.4, -0.2) is 67.4 Å². The number of alkyl halides is 1. The summed E-state index contributed by atoms with van der Waals surface area (Å²) < 4.78 is 10.1. The van der Waals surface area contributed by atoms with Crippen LogP contribution >= 0.6 is 15.9 Å². The molecule has 0 atom stereocenters. The van der Waals surface area contributed by atoms with Gasteiger partial charge in [-0.05, 0) is 49.7 Å². The van der Waals surface area contributed by atoms with Crippen molar-refractivity contribution < 1.29 is 14.6 Å². The minimum atomic E-state index is 0.314. The van der Waals surface area contributed by atoms with Crippen LogP contribution in [-0.2, 0) is 0 Å². The van der Waals surface area contributed by atoms with E-state index in [4.69, 9.17) is 14.6 Å². The van der Waals surface area contributed by atoms with E-state index in [1.165, 1.54) is 18.5 Å². The van der Waals surface area contributed by atoms with E-state index >= 15 is 0 Å². The highest BCUT2D eigenvalue weighted by atomic mass is 79.9. The molecule has 0 saturated carbocycles. The first-order valence-corrected chi connectivity index (χ1v) is 12.5. The van der Waals surface area contributed by atoms with E-state index in [1.54, 1.807) is 14.2 Å². The first-order valence-electron chi connectivity index (χ1n) is 11.3. The maximum Gasteiger partial charge on any atom is 0.213 e. The maximum atomic E-state index is 9.07. The predicted octanol–water partition coefficient (Wildman–Crippen LogP) is 4.00. The van der Waals surface area contributed by atoms with Crippen molar-refractivity contribution in [1.82, 2.24) is 9.97 Å². The summed E-state index contributed by atoms with van der Waals surface area (Å²) in [7, 11) is 3.26. The minimum absolute atomic E-state index is 0.314. The molecule has 2 fully saturated rings. The average molecular weight is 507 g/mol. The lowest BCUT2D eigenvalue weighted by molar-refractivity contribution is 0.203. The lowest BCUT2D eigenvalue weighted by Crippen LogP contribution is -2.34. The standard InChI is InChI=1S/C12H17BrN2O.C12H18N2O2/c1-16-12-3-2-11(9-14-12)15-6-4-10(8-13)5-7-15;1-16-12-3-2-11(8-13-12)14-6-4-10(9-15)5-7-14/h2-3,9-10H,4-8H2,1H3;2-3,8,10,15H,4-7,9H2,1H3. The molecule has 2 aliphatic heterocycles. The van der Waals surface area contributed by atoms with E-state index in [-0.39, 0.29) is 0 Å². The maximum absolute atomic E-state index is 9.07.